The van der Waals surface area contributed by atoms with Crippen molar-refractivity contribution in [3.8, 4) is 0 Å². The summed E-state index contributed by atoms with van der Waals surface area (Å²) in [5, 5.41) is 0. The first kappa shape index (κ1) is 13.2. The smallest absolute Gasteiger partial charge is 0.155 e. The molecule has 1 heteroatoms. The van der Waals surface area contributed by atoms with Crippen LogP contribution in [0.2, 0.25) is 0 Å². The fourth-order valence-electron chi connectivity index (χ4n) is 2.20. The minimum Gasteiger partial charge on any atom is -0.295 e. The van der Waals surface area contributed by atoms with Gasteiger partial charge in [0.1, 0.15) is 0 Å². The Morgan fingerprint density at radius 3 is 2.75 bits per heavy atom. The summed E-state index contributed by atoms with van der Waals surface area (Å²) in [5.41, 5.74) is 1.06. The van der Waals surface area contributed by atoms with Crippen molar-refractivity contribution < 1.29 is 4.79 Å². The van der Waals surface area contributed by atoms with Gasteiger partial charge in [-0.05, 0) is 50.5 Å². The first-order valence-electron chi connectivity index (χ1n) is 6.60. The molecule has 0 bridgehead atoms. The second kappa shape index (κ2) is 7.43. The molecule has 90 valence electrons. The van der Waals surface area contributed by atoms with Crippen molar-refractivity contribution in [3.05, 3.63) is 23.8 Å². The van der Waals surface area contributed by atoms with Gasteiger partial charge in [-0.3, -0.25) is 4.79 Å². The van der Waals surface area contributed by atoms with Crippen LogP contribution < -0.4 is 0 Å². The second-order valence-corrected chi connectivity index (χ2v) is 4.75. The Bertz CT molecular complexity index is 273. The van der Waals surface area contributed by atoms with E-state index in [-0.39, 0.29) is 5.78 Å². The van der Waals surface area contributed by atoms with Crippen molar-refractivity contribution in [1.82, 2.24) is 0 Å². The summed E-state index contributed by atoms with van der Waals surface area (Å²) in [6.45, 7) is 3.90. The average molecular weight is 220 g/mol. The lowest BCUT2D eigenvalue weighted by Gasteiger charge is -2.15. The van der Waals surface area contributed by atoms with E-state index in [1.807, 2.05) is 0 Å². The van der Waals surface area contributed by atoms with E-state index in [1.165, 1.54) is 25.7 Å². The van der Waals surface area contributed by atoms with Gasteiger partial charge in [-0.2, -0.15) is 0 Å². The molecule has 0 aliphatic heterocycles. The summed E-state index contributed by atoms with van der Waals surface area (Å²) in [7, 11) is 0. The fraction of sp³-hybridized carbons (Fsp3) is 0.667. The van der Waals surface area contributed by atoms with Crippen molar-refractivity contribution in [2.75, 3.05) is 0 Å². The van der Waals surface area contributed by atoms with Crippen molar-refractivity contribution in [2.24, 2.45) is 5.92 Å². The van der Waals surface area contributed by atoms with Gasteiger partial charge in [0.25, 0.3) is 0 Å². The molecule has 1 unspecified atom stereocenters. The molecular formula is C15H24O. The third-order valence-corrected chi connectivity index (χ3v) is 3.25. The number of carbonyl (C=O) groups is 1. The summed E-state index contributed by atoms with van der Waals surface area (Å²) in [4.78, 5) is 11.5. The van der Waals surface area contributed by atoms with Crippen molar-refractivity contribution in [1.29, 1.82) is 0 Å². The molecule has 0 saturated heterocycles. The number of hydrogen-bond donors (Lipinski definition) is 0. The molecule has 1 rings (SSSR count). The lowest BCUT2D eigenvalue weighted by Crippen LogP contribution is -2.04. The molecule has 1 aliphatic rings. The Morgan fingerprint density at radius 2 is 2.19 bits per heavy atom. The van der Waals surface area contributed by atoms with Crippen LogP contribution in [0, 0.1) is 5.92 Å². The summed E-state index contributed by atoms with van der Waals surface area (Å²) in [5.74, 6) is 0.871. The first-order chi connectivity index (χ1) is 7.74. The highest BCUT2D eigenvalue weighted by Gasteiger charge is 2.10. The van der Waals surface area contributed by atoms with Gasteiger partial charge in [-0.15, -0.1) is 0 Å². The normalized spacial score (nSPS) is 21.1. The molecule has 0 aromatic carbocycles. The molecule has 0 radical (unpaired) electrons. The van der Waals surface area contributed by atoms with Gasteiger partial charge in [0.15, 0.2) is 5.78 Å². The molecule has 0 saturated carbocycles. The molecule has 1 aliphatic carbocycles. The van der Waals surface area contributed by atoms with E-state index < -0.39 is 0 Å². The molecular weight excluding hydrogens is 196 g/mol. The van der Waals surface area contributed by atoms with Gasteiger partial charge in [-0.1, -0.05) is 38.0 Å². The summed E-state index contributed by atoms with van der Waals surface area (Å²) < 4.78 is 0. The average Bonchev–Trinajstić information content (AvgIpc) is 2.29. The van der Waals surface area contributed by atoms with E-state index in [0.29, 0.717) is 5.92 Å². The van der Waals surface area contributed by atoms with Crippen molar-refractivity contribution in [2.45, 2.75) is 58.8 Å². The highest BCUT2D eigenvalue weighted by molar-refractivity contribution is 5.93. The van der Waals surface area contributed by atoms with Crippen LogP contribution in [-0.2, 0) is 4.79 Å². The van der Waals surface area contributed by atoms with E-state index in [1.54, 1.807) is 6.92 Å². The summed E-state index contributed by atoms with van der Waals surface area (Å²) in [6, 6.07) is 0. The van der Waals surface area contributed by atoms with Crippen LogP contribution in [0.3, 0.4) is 0 Å². The Morgan fingerprint density at radius 1 is 1.38 bits per heavy atom. The maximum absolute atomic E-state index is 11.5. The van der Waals surface area contributed by atoms with Crippen LogP contribution in [0.4, 0.5) is 0 Å². The molecule has 1 atom stereocenters. The number of allylic oxidation sites excluding steroid dienone is 4. The topological polar surface area (TPSA) is 17.1 Å². The monoisotopic (exact) mass is 220 g/mol. The van der Waals surface area contributed by atoms with Gasteiger partial charge in [0.05, 0.1) is 0 Å². The summed E-state index contributed by atoms with van der Waals surface area (Å²) in [6.07, 6.45) is 14.8. The van der Waals surface area contributed by atoms with Crippen LogP contribution in [0.1, 0.15) is 58.8 Å². The van der Waals surface area contributed by atoms with E-state index >= 15 is 0 Å². The van der Waals surface area contributed by atoms with E-state index in [2.05, 4.69) is 25.2 Å². The Hall–Kier alpha value is -0.850. The molecule has 1 nitrogen and oxygen atoms in total. The molecule has 0 fully saturated rings. The molecule has 0 N–H and O–H groups in total. The standard InChI is InChI=1S/C15H24O/c1-3-4-6-11-15(13(2)16)12-14-9-7-5-8-10-14/h5,7,12,14H,3-4,6,8-11H2,1-2H3/b15-12+. The lowest BCUT2D eigenvalue weighted by molar-refractivity contribution is -0.113. The molecule has 0 heterocycles. The van der Waals surface area contributed by atoms with Crippen LogP contribution >= 0.6 is 0 Å². The predicted molar refractivity (Wildman–Crippen MR) is 69.4 cm³/mol. The molecule has 0 aromatic rings. The van der Waals surface area contributed by atoms with Crippen LogP contribution in [0.25, 0.3) is 0 Å². The third kappa shape index (κ3) is 4.78. The largest absolute Gasteiger partial charge is 0.295 e. The number of Topliss-reactive ketones (excluding diaryl/α,β-unsaturated/α-hetero) is 1. The number of rotatable bonds is 6. The predicted octanol–water partition coefficient (Wildman–Crippen LogP) is 4.44. The number of unbranched alkanes of at least 4 members (excludes halogenated alkanes) is 2. The molecule has 16 heavy (non-hydrogen) atoms. The molecule has 0 amide bonds. The maximum atomic E-state index is 11.5. The van der Waals surface area contributed by atoms with Gasteiger partial charge in [0.2, 0.25) is 0 Å². The second-order valence-electron chi connectivity index (χ2n) is 4.75. The quantitative estimate of drug-likeness (QED) is 0.367. The summed E-state index contributed by atoms with van der Waals surface area (Å²) >= 11 is 0. The van der Waals surface area contributed by atoms with Gasteiger partial charge < -0.3 is 0 Å². The van der Waals surface area contributed by atoms with Gasteiger partial charge in [0, 0.05) is 0 Å². The van der Waals surface area contributed by atoms with Gasteiger partial charge >= 0.3 is 0 Å². The zero-order valence-electron chi connectivity index (χ0n) is 10.7. The maximum Gasteiger partial charge on any atom is 0.155 e. The van der Waals surface area contributed by atoms with Gasteiger partial charge in [-0.25, -0.2) is 0 Å². The lowest BCUT2D eigenvalue weighted by atomic mass is 9.90. The number of carbonyl (C=O) groups excluding carboxylic acids is 1. The fourth-order valence-corrected chi connectivity index (χ4v) is 2.20. The minimum absolute atomic E-state index is 0.269. The van der Waals surface area contributed by atoms with Crippen molar-refractivity contribution in [3.63, 3.8) is 0 Å². The van der Waals surface area contributed by atoms with Crippen LogP contribution in [0.5, 0.6) is 0 Å². The van der Waals surface area contributed by atoms with Crippen LogP contribution in [-0.4, -0.2) is 5.78 Å². The number of ketones is 1. The minimum atomic E-state index is 0.269. The molecule has 0 aromatic heterocycles. The highest BCUT2D eigenvalue weighted by atomic mass is 16.1. The third-order valence-electron chi connectivity index (χ3n) is 3.25. The van der Waals surface area contributed by atoms with E-state index in [0.717, 1.165) is 24.8 Å². The van der Waals surface area contributed by atoms with E-state index in [9.17, 15) is 4.79 Å². The Kier molecular flexibility index (Phi) is 6.14. The Balaban J connectivity index is 2.50. The number of hydrogen-bond acceptors (Lipinski definition) is 1. The van der Waals surface area contributed by atoms with Crippen LogP contribution in [0.15, 0.2) is 23.8 Å². The Labute approximate surface area is 99.6 Å². The van der Waals surface area contributed by atoms with E-state index in [4.69, 9.17) is 0 Å². The first-order valence-corrected chi connectivity index (χ1v) is 6.60. The molecule has 0 spiro atoms. The highest BCUT2D eigenvalue weighted by Crippen LogP contribution is 2.22. The zero-order chi connectivity index (χ0) is 11.8. The SMILES string of the molecule is CCCCC/C(=C\C1CC=CCC1)C(C)=O. The zero-order valence-corrected chi connectivity index (χ0v) is 10.7. The van der Waals surface area contributed by atoms with Crippen molar-refractivity contribution >= 4 is 5.78 Å².